The third kappa shape index (κ3) is 16.9. The minimum absolute atomic E-state index is 0.00658. The van der Waals surface area contributed by atoms with Crippen molar-refractivity contribution in [1.29, 1.82) is 0 Å². The van der Waals surface area contributed by atoms with E-state index >= 15 is 0 Å². The molecule has 0 bridgehead atoms. The zero-order chi connectivity index (χ0) is 60.2. The fourth-order valence-corrected chi connectivity index (χ4v) is 12.8. The summed E-state index contributed by atoms with van der Waals surface area (Å²) in [6, 6.07) is 39.8. The van der Waals surface area contributed by atoms with Gasteiger partial charge in [-0.05, 0) is 123 Å². The van der Waals surface area contributed by atoms with Crippen LogP contribution in [0.3, 0.4) is 0 Å². The van der Waals surface area contributed by atoms with Gasteiger partial charge in [-0.2, -0.15) is 0 Å². The van der Waals surface area contributed by atoms with E-state index in [4.69, 9.17) is 0 Å². The Hall–Kier alpha value is -6.46. The number of nitrogens with one attached hydrogen (secondary N) is 4. The van der Waals surface area contributed by atoms with Crippen LogP contribution < -0.4 is 21.3 Å². The normalized spacial score (nSPS) is 16.1. The van der Waals surface area contributed by atoms with Crippen molar-refractivity contribution in [3.8, 4) is 0 Å². The summed E-state index contributed by atoms with van der Waals surface area (Å²) in [5, 5.41) is 40.5. The summed E-state index contributed by atoms with van der Waals surface area (Å²) in [5.74, 6) is -6.75. The van der Waals surface area contributed by atoms with E-state index in [0.29, 0.717) is 24.0 Å². The highest BCUT2D eigenvalue weighted by Gasteiger charge is 2.41. The minimum atomic E-state index is -3.86. The van der Waals surface area contributed by atoms with Crippen LogP contribution in [-0.4, -0.2) is 108 Å². The zero-order valence-corrected chi connectivity index (χ0v) is 50.9. The average molecular weight is 1160 g/mol. The Morgan fingerprint density at radius 1 is 0.427 bits per heavy atom. The fourth-order valence-electron chi connectivity index (χ4n) is 10.2. The molecule has 14 nitrogen and oxygen atoms in total. The number of aliphatic hydroxyl groups is 2. The lowest BCUT2D eigenvalue weighted by Gasteiger charge is -2.36. The summed E-state index contributed by atoms with van der Waals surface area (Å²) in [7, 11) is -7.72. The number of amides is 4. The summed E-state index contributed by atoms with van der Waals surface area (Å²) < 4.78 is 53.2. The van der Waals surface area contributed by atoms with Crippen LogP contribution in [0.25, 0.3) is 21.5 Å². The molecule has 82 heavy (non-hydrogen) atoms. The number of benzene rings is 6. The smallest absolute Gasteiger partial charge is 0.243 e. The van der Waals surface area contributed by atoms with E-state index in [0.717, 1.165) is 32.7 Å². The van der Waals surface area contributed by atoms with E-state index in [1.54, 1.807) is 79.7 Å². The Morgan fingerprint density at radius 2 is 0.744 bits per heavy atom. The quantitative estimate of drug-likeness (QED) is 0.0288. The van der Waals surface area contributed by atoms with Crippen LogP contribution in [-0.2, 0) is 64.5 Å². The third-order valence-corrected chi connectivity index (χ3v) is 21.6. The standard InChI is InChI=1S/C66H86N4O10S2/c1-11-43(3)57(69-61(73)51(41-81(77,78)65(5,6)7)39-49-33-23-31-47-29-19-21-35-53(47)49)63(75)67-55(37-45-25-15-13-16-26-45)59(71)60(72)56(38-46-27-17-14-18-28-46)68-64(76)58(44(4)12-2)70-62(74)52(42-82(79,80)66(8,9)10)40-50-34-24-32-48-30-20-22-36-54(48)50/h13-36,43-44,51-52,55-60,71-72H,11-12,37-42H2,1-10H3,(H,67,75)(H,68,76)(H,69,73)(H,70,74)/t43?,44?,51-,52-,55-,56-,57-,58-,59+,60+/m0/s1. The highest BCUT2D eigenvalue weighted by molar-refractivity contribution is 7.93. The van der Waals surface area contributed by atoms with Gasteiger partial charge < -0.3 is 31.5 Å². The molecule has 10 atom stereocenters. The fraction of sp³-hybridized carbons (Fsp3) is 0.455. The molecule has 0 aliphatic rings. The number of rotatable bonds is 27. The summed E-state index contributed by atoms with van der Waals surface area (Å²) in [6.07, 6.45) is -2.51. The van der Waals surface area contributed by atoms with Crippen LogP contribution in [0.4, 0.5) is 0 Å². The van der Waals surface area contributed by atoms with E-state index in [9.17, 15) is 46.2 Å². The van der Waals surface area contributed by atoms with Gasteiger partial charge in [-0.15, -0.1) is 0 Å². The highest BCUT2D eigenvalue weighted by atomic mass is 32.2. The monoisotopic (exact) mass is 1160 g/mol. The molecule has 0 radical (unpaired) electrons. The first-order valence-electron chi connectivity index (χ1n) is 28.7. The topological polar surface area (TPSA) is 225 Å². The SMILES string of the molecule is CCC(C)[C@H](NC(=O)[C@@H](Cc1cccc2ccccc12)CS(=O)(=O)C(C)(C)C)C(=O)N[C@@H](Cc1ccccc1)[C@@H](O)[C@H](O)[C@H](Cc1ccccc1)NC(=O)[C@@H](NC(=O)[C@@H](Cc1cccc2ccccc12)CS(=O)(=O)C(C)(C)C)C(C)CC. The molecule has 6 rings (SSSR count). The van der Waals surface area contributed by atoms with Crippen molar-refractivity contribution < 1.29 is 46.2 Å². The van der Waals surface area contributed by atoms with Gasteiger partial charge in [-0.1, -0.05) is 186 Å². The molecule has 6 aromatic carbocycles. The molecule has 0 saturated carbocycles. The van der Waals surface area contributed by atoms with Crippen molar-refractivity contribution in [3.05, 3.63) is 168 Å². The first-order chi connectivity index (χ1) is 38.6. The molecule has 0 aliphatic carbocycles. The molecular weight excluding hydrogens is 1070 g/mol. The zero-order valence-electron chi connectivity index (χ0n) is 49.3. The van der Waals surface area contributed by atoms with Gasteiger partial charge in [0.1, 0.15) is 24.3 Å². The average Bonchev–Trinajstić information content (AvgIpc) is 3.52. The van der Waals surface area contributed by atoms with E-state index in [1.807, 2.05) is 135 Å². The molecule has 0 saturated heterocycles. The first-order valence-corrected chi connectivity index (χ1v) is 32.0. The van der Waals surface area contributed by atoms with Crippen molar-refractivity contribution in [3.63, 3.8) is 0 Å². The van der Waals surface area contributed by atoms with Crippen molar-refractivity contribution >= 4 is 64.8 Å². The number of aliphatic hydroxyl groups excluding tert-OH is 2. The highest BCUT2D eigenvalue weighted by Crippen LogP contribution is 2.29. The Kier molecular flexibility index (Phi) is 22.3. The largest absolute Gasteiger partial charge is 0.388 e. The number of sulfone groups is 2. The maximum atomic E-state index is 14.9. The van der Waals surface area contributed by atoms with Crippen molar-refractivity contribution in [2.75, 3.05) is 11.5 Å². The van der Waals surface area contributed by atoms with E-state index in [-0.39, 0.29) is 25.7 Å². The number of carbonyl (C=O) groups excluding carboxylic acids is 4. The van der Waals surface area contributed by atoms with Crippen LogP contribution in [0.2, 0.25) is 0 Å². The van der Waals surface area contributed by atoms with Crippen LogP contribution >= 0.6 is 0 Å². The van der Waals surface area contributed by atoms with Crippen LogP contribution in [0.1, 0.15) is 104 Å². The molecule has 442 valence electrons. The first kappa shape index (κ1) is 64.7. The molecule has 4 amide bonds. The maximum Gasteiger partial charge on any atom is 0.243 e. The van der Waals surface area contributed by atoms with Crippen LogP contribution in [0, 0.1) is 23.7 Å². The van der Waals surface area contributed by atoms with Gasteiger partial charge in [-0.25, -0.2) is 16.8 Å². The van der Waals surface area contributed by atoms with Gasteiger partial charge in [0.15, 0.2) is 19.7 Å². The number of carbonyl (C=O) groups is 4. The predicted octanol–water partition coefficient (Wildman–Crippen LogP) is 8.68. The molecule has 0 aromatic heterocycles. The number of hydrogen-bond donors (Lipinski definition) is 6. The second kappa shape index (κ2) is 28.2. The lowest BCUT2D eigenvalue weighted by molar-refractivity contribution is -0.134. The second-order valence-electron chi connectivity index (χ2n) is 24.2. The van der Waals surface area contributed by atoms with Gasteiger partial charge in [0, 0.05) is 0 Å². The van der Waals surface area contributed by atoms with Crippen molar-refractivity contribution in [1.82, 2.24) is 21.3 Å². The Balaban J connectivity index is 1.31. The van der Waals surface area contributed by atoms with Gasteiger partial charge in [0.05, 0.1) is 44.9 Å². The van der Waals surface area contributed by atoms with E-state index in [2.05, 4.69) is 21.3 Å². The summed E-state index contributed by atoms with van der Waals surface area (Å²) in [5.41, 5.74) is 2.94. The maximum absolute atomic E-state index is 14.9. The summed E-state index contributed by atoms with van der Waals surface area (Å²) >= 11 is 0. The van der Waals surface area contributed by atoms with Crippen LogP contribution in [0.15, 0.2) is 146 Å². The molecule has 6 N–H and O–H groups in total. The summed E-state index contributed by atoms with van der Waals surface area (Å²) in [6.45, 7) is 16.8. The number of hydrogen-bond acceptors (Lipinski definition) is 10. The third-order valence-electron chi connectivity index (χ3n) is 16.2. The molecule has 0 heterocycles. The molecule has 0 aliphatic heterocycles. The predicted molar refractivity (Wildman–Crippen MR) is 328 cm³/mol. The van der Waals surface area contributed by atoms with Crippen molar-refractivity contribution in [2.24, 2.45) is 23.7 Å². The lowest BCUT2D eigenvalue weighted by Crippen LogP contribution is -2.62. The Bertz CT molecular complexity index is 3110. The second-order valence-corrected chi connectivity index (χ2v) is 29.8. The molecule has 2 unspecified atom stereocenters. The Morgan fingerprint density at radius 3 is 1.07 bits per heavy atom. The molecular formula is C66H86N4O10S2. The van der Waals surface area contributed by atoms with Crippen molar-refractivity contribution in [2.45, 2.75) is 154 Å². The van der Waals surface area contributed by atoms with Gasteiger partial charge >= 0.3 is 0 Å². The molecule has 16 heteroatoms. The molecule has 6 aromatic rings. The molecule has 0 spiro atoms. The minimum Gasteiger partial charge on any atom is -0.388 e. The van der Waals surface area contributed by atoms with Gasteiger partial charge in [-0.3, -0.25) is 19.2 Å². The summed E-state index contributed by atoms with van der Waals surface area (Å²) in [4.78, 5) is 59.3. The van der Waals surface area contributed by atoms with Crippen LogP contribution in [0.5, 0.6) is 0 Å². The van der Waals surface area contributed by atoms with E-state index in [1.165, 1.54) is 0 Å². The van der Waals surface area contributed by atoms with Gasteiger partial charge in [0.25, 0.3) is 0 Å². The lowest BCUT2D eigenvalue weighted by atomic mass is 9.89. The Labute approximate surface area is 486 Å². The van der Waals surface area contributed by atoms with Gasteiger partial charge in [0.2, 0.25) is 23.6 Å². The number of fused-ring (bicyclic) bond motifs is 2. The molecule has 0 fully saturated rings. The van der Waals surface area contributed by atoms with E-state index < -0.39 is 124 Å².